The SMILES string of the molecule is CC(C)C1=CC2=C(C1)C1=C(C3=C(C1)C1=C(C=C(C(C)C)C1)C3(C)C)C2(C)C. The molecule has 0 fully saturated rings. The van der Waals surface area contributed by atoms with E-state index >= 15 is 0 Å². The molecule has 0 aromatic carbocycles. The van der Waals surface area contributed by atoms with Crippen LogP contribution in [0, 0.1) is 22.7 Å². The first kappa shape index (κ1) is 17.5. The van der Waals surface area contributed by atoms with Crippen molar-refractivity contribution in [2.24, 2.45) is 22.7 Å². The van der Waals surface area contributed by atoms with Crippen LogP contribution in [0.5, 0.6) is 0 Å². The molecule has 0 aromatic heterocycles. The molecule has 0 heterocycles. The lowest BCUT2D eigenvalue weighted by molar-refractivity contribution is 0.505. The van der Waals surface area contributed by atoms with E-state index < -0.39 is 0 Å². The zero-order valence-corrected chi connectivity index (χ0v) is 18.4. The van der Waals surface area contributed by atoms with Crippen molar-refractivity contribution in [1.29, 1.82) is 0 Å². The van der Waals surface area contributed by atoms with Crippen LogP contribution in [0.25, 0.3) is 0 Å². The van der Waals surface area contributed by atoms with Crippen LogP contribution in [-0.2, 0) is 0 Å². The van der Waals surface area contributed by atoms with Gasteiger partial charge in [-0.25, -0.2) is 0 Å². The highest BCUT2D eigenvalue weighted by Crippen LogP contribution is 2.68. The van der Waals surface area contributed by atoms with Crippen molar-refractivity contribution < 1.29 is 0 Å². The van der Waals surface area contributed by atoms with Gasteiger partial charge in [0.15, 0.2) is 0 Å². The molecule has 0 N–H and O–H groups in total. The maximum atomic E-state index is 2.55. The predicted molar refractivity (Wildman–Crippen MR) is 115 cm³/mol. The number of rotatable bonds is 2. The summed E-state index contributed by atoms with van der Waals surface area (Å²) in [5.41, 5.74) is 17.0. The maximum absolute atomic E-state index is 2.55. The van der Waals surface area contributed by atoms with E-state index in [-0.39, 0.29) is 10.8 Å². The largest absolute Gasteiger partial charge is 0.0629 e. The molecular weight excluding hydrogens is 324 g/mol. The quantitative estimate of drug-likeness (QED) is 0.476. The molecule has 5 aliphatic rings. The second-order valence-corrected chi connectivity index (χ2v) is 11.0. The predicted octanol–water partition coefficient (Wildman–Crippen LogP) is 7.63. The summed E-state index contributed by atoms with van der Waals surface area (Å²) < 4.78 is 0. The minimum atomic E-state index is 0.167. The van der Waals surface area contributed by atoms with Crippen LogP contribution >= 0.6 is 0 Å². The van der Waals surface area contributed by atoms with Gasteiger partial charge in [-0.1, -0.05) is 78.7 Å². The monoisotopic (exact) mass is 358 g/mol. The van der Waals surface area contributed by atoms with E-state index in [1.54, 1.807) is 55.7 Å². The van der Waals surface area contributed by atoms with E-state index in [1.165, 1.54) is 19.3 Å². The highest BCUT2D eigenvalue weighted by Gasteiger charge is 2.53. The summed E-state index contributed by atoms with van der Waals surface area (Å²) >= 11 is 0. The van der Waals surface area contributed by atoms with Crippen molar-refractivity contribution in [3.63, 3.8) is 0 Å². The summed E-state index contributed by atoms with van der Waals surface area (Å²) in [6.45, 7) is 19.3. The van der Waals surface area contributed by atoms with Gasteiger partial charge in [0.25, 0.3) is 0 Å². The van der Waals surface area contributed by atoms with Crippen molar-refractivity contribution in [1.82, 2.24) is 0 Å². The normalized spacial score (nSPS) is 27.2. The van der Waals surface area contributed by atoms with E-state index in [4.69, 9.17) is 0 Å². The molecule has 0 saturated carbocycles. The molecule has 0 aromatic rings. The third-order valence-electron chi connectivity index (χ3n) is 8.09. The Morgan fingerprint density at radius 2 is 0.963 bits per heavy atom. The fraction of sp³-hybridized carbons (Fsp3) is 0.556. The number of allylic oxidation sites excluding steroid dienone is 12. The van der Waals surface area contributed by atoms with Crippen LogP contribution in [0.4, 0.5) is 0 Å². The summed E-state index contributed by atoms with van der Waals surface area (Å²) in [4.78, 5) is 0. The van der Waals surface area contributed by atoms with E-state index in [0.717, 1.165) is 0 Å². The minimum Gasteiger partial charge on any atom is -0.0629 e. The van der Waals surface area contributed by atoms with Crippen molar-refractivity contribution in [3.05, 3.63) is 67.9 Å². The Labute approximate surface area is 165 Å². The van der Waals surface area contributed by atoms with Crippen LogP contribution in [0.1, 0.15) is 74.7 Å². The lowest BCUT2D eigenvalue weighted by Gasteiger charge is -2.34. The highest BCUT2D eigenvalue weighted by atomic mass is 14.6. The van der Waals surface area contributed by atoms with E-state index in [9.17, 15) is 0 Å². The number of fused-ring (bicyclic) bond motifs is 3. The Morgan fingerprint density at radius 1 is 0.593 bits per heavy atom. The molecular formula is C27H34. The van der Waals surface area contributed by atoms with Crippen LogP contribution in [0.15, 0.2) is 67.9 Å². The molecule has 27 heavy (non-hydrogen) atoms. The average molecular weight is 359 g/mol. The topological polar surface area (TPSA) is 0 Å². The third-order valence-corrected chi connectivity index (χ3v) is 8.09. The van der Waals surface area contributed by atoms with Crippen molar-refractivity contribution in [2.45, 2.75) is 74.7 Å². The molecule has 0 bridgehead atoms. The van der Waals surface area contributed by atoms with Gasteiger partial charge in [-0.3, -0.25) is 0 Å². The smallest absolute Gasteiger partial charge is 0.0155 e. The molecule has 142 valence electrons. The van der Waals surface area contributed by atoms with Gasteiger partial charge in [0, 0.05) is 10.8 Å². The summed E-state index contributed by atoms with van der Waals surface area (Å²) in [5.74, 6) is 1.32. The van der Waals surface area contributed by atoms with Crippen LogP contribution in [-0.4, -0.2) is 0 Å². The second kappa shape index (κ2) is 5.07. The summed E-state index contributed by atoms with van der Waals surface area (Å²) in [7, 11) is 0. The first-order valence-corrected chi connectivity index (χ1v) is 10.9. The molecule has 0 heteroatoms. The van der Waals surface area contributed by atoms with Crippen LogP contribution < -0.4 is 0 Å². The fourth-order valence-corrected chi connectivity index (χ4v) is 6.46. The fourth-order valence-electron chi connectivity index (χ4n) is 6.46. The van der Waals surface area contributed by atoms with E-state index in [2.05, 4.69) is 67.5 Å². The molecule has 0 radical (unpaired) electrons. The molecule has 5 rings (SSSR count). The Morgan fingerprint density at radius 3 is 1.30 bits per heavy atom. The zero-order valence-electron chi connectivity index (χ0n) is 18.4. The molecule has 0 atom stereocenters. The van der Waals surface area contributed by atoms with E-state index in [0.29, 0.717) is 11.8 Å². The zero-order chi connectivity index (χ0) is 19.5. The summed E-state index contributed by atoms with van der Waals surface area (Å²) in [5, 5.41) is 0. The lowest BCUT2D eigenvalue weighted by atomic mass is 9.69. The summed E-state index contributed by atoms with van der Waals surface area (Å²) in [6, 6.07) is 0. The molecule has 0 saturated heterocycles. The van der Waals surface area contributed by atoms with Gasteiger partial charge in [0.05, 0.1) is 0 Å². The summed E-state index contributed by atoms with van der Waals surface area (Å²) in [6.07, 6.45) is 8.68. The van der Waals surface area contributed by atoms with Gasteiger partial charge < -0.3 is 0 Å². The molecule has 0 unspecified atom stereocenters. The van der Waals surface area contributed by atoms with E-state index in [1.807, 2.05) is 0 Å². The Bertz CT molecular complexity index is 891. The number of hydrogen-bond acceptors (Lipinski definition) is 0. The highest BCUT2D eigenvalue weighted by molar-refractivity contribution is 5.78. The molecule has 0 aliphatic heterocycles. The minimum absolute atomic E-state index is 0.167. The molecule has 0 spiro atoms. The third kappa shape index (κ3) is 2.00. The van der Waals surface area contributed by atoms with Crippen LogP contribution in [0.3, 0.4) is 0 Å². The van der Waals surface area contributed by atoms with Gasteiger partial charge in [0.1, 0.15) is 0 Å². The Balaban J connectivity index is 1.56. The van der Waals surface area contributed by atoms with Gasteiger partial charge >= 0.3 is 0 Å². The molecule has 0 nitrogen and oxygen atoms in total. The average Bonchev–Trinajstić information content (AvgIpc) is 3.30. The van der Waals surface area contributed by atoms with Crippen LogP contribution in [0.2, 0.25) is 0 Å². The maximum Gasteiger partial charge on any atom is 0.0155 e. The van der Waals surface area contributed by atoms with Gasteiger partial charge in [-0.05, 0) is 75.7 Å². The molecule has 0 amide bonds. The first-order valence-electron chi connectivity index (χ1n) is 10.9. The van der Waals surface area contributed by atoms with Gasteiger partial charge in [-0.2, -0.15) is 0 Å². The molecule has 5 aliphatic carbocycles. The second-order valence-electron chi connectivity index (χ2n) is 11.0. The Kier molecular flexibility index (Phi) is 3.30. The standard InChI is InChI=1S/C27H34/c1-14(2)16-9-18-20-13-21-19-10-17(15(3)4)12-23(19)27(7,8)25(21)24(20)26(5,6)22(18)11-16/h11-12,14-15H,9-10,13H2,1-8H3. The number of hydrogen-bond donors (Lipinski definition) is 0. The van der Waals surface area contributed by atoms with Gasteiger partial charge in [-0.15, -0.1) is 0 Å². The first-order chi connectivity index (χ1) is 12.5. The lowest BCUT2D eigenvalue weighted by Crippen LogP contribution is -2.23. The van der Waals surface area contributed by atoms with Gasteiger partial charge in [0.2, 0.25) is 0 Å². The van der Waals surface area contributed by atoms with Crippen molar-refractivity contribution in [2.75, 3.05) is 0 Å². The Hall–Kier alpha value is -1.56. The van der Waals surface area contributed by atoms with Crippen molar-refractivity contribution >= 4 is 0 Å². The van der Waals surface area contributed by atoms with Crippen molar-refractivity contribution in [3.8, 4) is 0 Å².